The molecule has 0 saturated heterocycles. The molecule has 0 amide bonds. The van der Waals surface area contributed by atoms with E-state index in [2.05, 4.69) is 60.4 Å². The Morgan fingerprint density at radius 3 is 2.53 bits per heavy atom. The van der Waals surface area contributed by atoms with Crippen molar-refractivity contribution in [2.75, 3.05) is 5.32 Å². The first kappa shape index (κ1) is 13.1. The van der Waals surface area contributed by atoms with Gasteiger partial charge in [0.25, 0.3) is 0 Å². The molecule has 2 nitrogen and oxygen atoms in total. The minimum Gasteiger partial charge on any atom is -0.357 e. The summed E-state index contributed by atoms with van der Waals surface area (Å²) in [6, 6.07) is 14.4. The van der Waals surface area contributed by atoms with Gasteiger partial charge in [0.1, 0.15) is 0 Å². The van der Waals surface area contributed by atoms with Crippen molar-refractivity contribution in [3.05, 3.63) is 57.0 Å². The van der Waals surface area contributed by atoms with Gasteiger partial charge in [-0.25, -0.2) is 4.98 Å². The molecule has 0 fully saturated rings. The number of hydrogen-bond donors (Lipinski definition) is 1. The summed E-state index contributed by atoms with van der Waals surface area (Å²) in [5.74, 6) is 0. The standard InChI is InChI=1S/C14H10Br2N2S/c15-10-3-1-9(2-4-10)8-17-14-18-12-6-5-11(16)7-13(12)19-14/h1-7H,8H2,(H,17,18). The molecule has 3 rings (SSSR count). The van der Waals surface area contributed by atoms with E-state index in [0.29, 0.717) is 0 Å². The topological polar surface area (TPSA) is 24.9 Å². The summed E-state index contributed by atoms with van der Waals surface area (Å²) in [5.41, 5.74) is 2.27. The number of fused-ring (bicyclic) bond motifs is 1. The van der Waals surface area contributed by atoms with Crippen molar-refractivity contribution >= 4 is 58.5 Å². The number of aromatic nitrogens is 1. The monoisotopic (exact) mass is 396 g/mol. The highest BCUT2D eigenvalue weighted by atomic mass is 79.9. The normalized spacial score (nSPS) is 10.8. The van der Waals surface area contributed by atoms with E-state index in [4.69, 9.17) is 0 Å². The molecule has 0 aliphatic carbocycles. The Balaban J connectivity index is 1.76. The second-order valence-electron chi connectivity index (χ2n) is 4.11. The lowest BCUT2D eigenvalue weighted by Crippen LogP contribution is -1.98. The Morgan fingerprint density at radius 2 is 1.74 bits per heavy atom. The zero-order chi connectivity index (χ0) is 13.2. The van der Waals surface area contributed by atoms with E-state index in [9.17, 15) is 0 Å². The van der Waals surface area contributed by atoms with Gasteiger partial charge in [-0.1, -0.05) is 55.3 Å². The van der Waals surface area contributed by atoms with Gasteiger partial charge in [0, 0.05) is 15.5 Å². The summed E-state index contributed by atoms with van der Waals surface area (Å²) < 4.78 is 3.37. The van der Waals surface area contributed by atoms with Crippen molar-refractivity contribution in [2.24, 2.45) is 0 Å². The van der Waals surface area contributed by atoms with Crippen LogP contribution in [0.4, 0.5) is 5.13 Å². The third kappa shape index (κ3) is 3.16. The van der Waals surface area contributed by atoms with Crippen LogP contribution in [-0.4, -0.2) is 4.98 Å². The second-order valence-corrected chi connectivity index (χ2v) is 6.97. The molecule has 1 aromatic heterocycles. The third-order valence-electron chi connectivity index (χ3n) is 2.71. The van der Waals surface area contributed by atoms with Crippen LogP contribution in [0.3, 0.4) is 0 Å². The van der Waals surface area contributed by atoms with E-state index in [1.54, 1.807) is 11.3 Å². The smallest absolute Gasteiger partial charge is 0.184 e. The first-order valence-electron chi connectivity index (χ1n) is 5.75. The van der Waals surface area contributed by atoms with Crippen LogP contribution >= 0.6 is 43.2 Å². The van der Waals surface area contributed by atoms with Gasteiger partial charge in [-0.2, -0.15) is 0 Å². The Labute approximate surface area is 132 Å². The molecule has 0 bridgehead atoms. The molecule has 0 unspecified atom stereocenters. The van der Waals surface area contributed by atoms with Crippen LogP contribution in [0, 0.1) is 0 Å². The molecular formula is C14H10Br2N2S. The predicted molar refractivity (Wildman–Crippen MR) is 88.8 cm³/mol. The third-order valence-corrected chi connectivity index (χ3v) is 4.71. The van der Waals surface area contributed by atoms with E-state index in [1.165, 1.54) is 10.3 Å². The van der Waals surface area contributed by atoms with Crippen LogP contribution in [0.25, 0.3) is 10.2 Å². The Kier molecular flexibility index (Phi) is 3.86. The average Bonchev–Trinajstić information content (AvgIpc) is 2.80. The van der Waals surface area contributed by atoms with E-state index in [0.717, 1.165) is 26.1 Å². The number of nitrogens with one attached hydrogen (secondary N) is 1. The van der Waals surface area contributed by atoms with Gasteiger partial charge in [0.15, 0.2) is 5.13 Å². The molecule has 2 aromatic carbocycles. The molecular weight excluding hydrogens is 388 g/mol. The van der Waals surface area contributed by atoms with Gasteiger partial charge >= 0.3 is 0 Å². The predicted octanol–water partition coefficient (Wildman–Crippen LogP) is 5.43. The maximum atomic E-state index is 4.56. The lowest BCUT2D eigenvalue weighted by Gasteiger charge is -2.02. The number of nitrogens with zero attached hydrogens (tertiary/aromatic N) is 1. The Bertz CT molecular complexity index is 707. The number of halogens is 2. The summed E-state index contributed by atoms with van der Waals surface area (Å²) in [6.45, 7) is 0.786. The van der Waals surface area contributed by atoms with Crippen molar-refractivity contribution in [2.45, 2.75) is 6.54 Å². The van der Waals surface area contributed by atoms with Crippen LogP contribution in [0.2, 0.25) is 0 Å². The largest absolute Gasteiger partial charge is 0.357 e. The summed E-state index contributed by atoms with van der Waals surface area (Å²) >= 11 is 8.59. The highest BCUT2D eigenvalue weighted by molar-refractivity contribution is 9.10. The van der Waals surface area contributed by atoms with Gasteiger partial charge < -0.3 is 5.32 Å². The SMILES string of the molecule is Brc1ccc(CNc2nc3ccc(Br)cc3s2)cc1. The Morgan fingerprint density at radius 1 is 1.00 bits per heavy atom. The van der Waals surface area contributed by atoms with Gasteiger partial charge in [-0.05, 0) is 35.9 Å². The van der Waals surface area contributed by atoms with Crippen LogP contribution in [0.1, 0.15) is 5.56 Å². The minimum atomic E-state index is 0.786. The van der Waals surface area contributed by atoms with E-state index < -0.39 is 0 Å². The van der Waals surface area contributed by atoms with Crippen LogP contribution in [0.15, 0.2) is 51.4 Å². The van der Waals surface area contributed by atoms with Crippen molar-refractivity contribution < 1.29 is 0 Å². The molecule has 0 atom stereocenters. The second kappa shape index (κ2) is 5.61. The van der Waals surface area contributed by atoms with Crippen molar-refractivity contribution in [3.8, 4) is 0 Å². The zero-order valence-corrected chi connectivity index (χ0v) is 13.8. The Hall–Kier alpha value is -0.910. The molecule has 0 saturated carbocycles. The minimum absolute atomic E-state index is 0.786. The molecule has 1 heterocycles. The van der Waals surface area contributed by atoms with Gasteiger partial charge in [-0.3, -0.25) is 0 Å². The van der Waals surface area contributed by atoms with Gasteiger partial charge in [-0.15, -0.1) is 0 Å². The lowest BCUT2D eigenvalue weighted by molar-refractivity contribution is 1.14. The molecule has 0 radical (unpaired) electrons. The quantitative estimate of drug-likeness (QED) is 0.636. The highest BCUT2D eigenvalue weighted by Gasteiger charge is 2.03. The molecule has 96 valence electrons. The number of anilines is 1. The molecule has 0 aliphatic rings. The number of hydrogen-bond acceptors (Lipinski definition) is 3. The van der Waals surface area contributed by atoms with Crippen molar-refractivity contribution in [3.63, 3.8) is 0 Å². The molecule has 3 aromatic rings. The van der Waals surface area contributed by atoms with E-state index in [-0.39, 0.29) is 0 Å². The lowest BCUT2D eigenvalue weighted by atomic mass is 10.2. The fourth-order valence-corrected chi connectivity index (χ4v) is 3.43. The summed E-state index contributed by atoms with van der Waals surface area (Å²) in [7, 11) is 0. The number of thiazole rings is 1. The number of rotatable bonds is 3. The maximum absolute atomic E-state index is 4.56. The average molecular weight is 398 g/mol. The molecule has 19 heavy (non-hydrogen) atoms. The number of benzene rings is 2. The van der Waals surface area contributed by atoms with Crippen LogP contribution in [-0.2, 0) is 6.54 Å². The van der Waals surface area contributed by atoms with E-state index in [1.807, 2.05) is 24.3 Å². The molecule has 1 N–H and O–H groups in total. The van der Waals surface area contributed by atoms with E-state index >= 15 is 0 Å². The summed E-state index contributed by atoms with van der Waals surface area (Å²) in [5, 5.41) is 4.32. The van der Waals surface area contributed by atoms with Crippen LogP contribution in [0.5, 0.6) is 0 Å². The summed E-state index contributed by atoms with van der Waals surface area (Å²) in [6.07, 6.45) is 0. The van der Waals surface area contributed by atoms with Crippen molar-refractivity contribution in [1.82, 2.24) is 4.98 Å². The fourth-order valence-electron chi connectivity index (χ4n) is 1.75. The van der Waals surface area contributed by atoms with Gasteiger partial charge in [0.05, 0.1) is 10.2 Å². The first-order chi connectivity index (χ1) is 9.20. The van der Waals surface area contributed by atoms with Crippen LogP contribution < -0.4 is 5.32 Å². The molecule has 5 heteroatoms. The molecule has 0 spiro atoms. The summed E-state index contributed by atoms with van der Waals surface area (Å²) in [4.78, 5) is 4.56. The fraction of sp³-hybridized carbons (Fsp3) is 0.0714. The van der Waals surface area contributed by atoms with Gasteiger partial charge in [0.2, 0.25) is 0 Å². The highest BCUT2D eigenvalue weighted by Crippen LogP contribution is 2.28. The van der Waals surface area contributed by atoms with Crippen molar-refractivity contribution in [1.29, 1.82) is 0 Å². The molecule has 0 aliphatic heterocycles. The zero-order valence-electron chi connectivity index (χ0n) is 9.86. The first-order valence-corrected chi connectivity index (χ1v) is 8.15. The maximum Gasteiger partial charge on any atom is 0.184 e.